The smallest absolute Gasteiger partial charge is 0.245 e. The molecule has 0 aliphatic heterocycles. The van der Waals surface area contributed by atoms with Gasteiger partial charge in [0, 0.05) is 5.69 Å². The second kappa shape index (κ2) is 8.43. The molecule has 1 amide bonds. The van der Waals surface area contributed by atoms with Crippen LogP contribution in [0.5, 0.6) is 5.75 Å². The van der Waals surface area contributed by atoms with E-state index < -0.39 is 15.9 Å². The number of anilines is 2. The van der Waals surface area contributed by atoms with Crippen molar-refractivity contribution < 1.29 is 17.9 Å². The van der Waals surface area contributed by atoms with Gasteiger partial charge in [0.05, 0.1) is 18.0 Å². The summed E-state index contributed by atoms with van der Waals surface area (Å²) < 4.78 is 31.1. The third-order valence-corrected chi connectivity index (χ3v) is 4.98. The van der Waals surface area contributed by atoms with Crippen LogP contribution < -0.4 is 14.4 Å². The van der Waals surface area contributed by atoms with E-state index in [1.165, 1.54) is 0 Å². The fraction of sp³-hybridized carbons (Fsp3) is 0.350. The Balaban J connectivity index is 2.18. The number of hydrogen-bond acceptors (Lipinski definition) is 4. The van der Waals surface area contributed by atoms with Gasteiger partial charge in [0.15, 0.2) is 0 Å². The number of amides is 1. The first-order valence-corrected chi connectivity index (χ1v) is 10.5. The SMILES string of the molecule is Cc1ccc(NC(=O)CN(c2ccc(OC(C)C)cc2)S(C)(=O)=O)c(C)c1. The maximum Gasteiger partial charge on any atom is 0.245 e. The van der Waals surface area contributed by atoms with Crippen LogP contribution in [0.1, 0.15) is 25.0 Å². The minimum atomic E-state index is -3.63. The highest BCUT2D eigenvalue weighted by molar-refractivity contribution is 7.92. The summed E-state index contributed by atoms with van der Waals surface area (Å²) in [4.78, 5) is 12.5. The van der Waals surface area contributed by atoms with Crippen LogP contribution in [0.3, 0.4) is 0 Å². The van der Waals surface area contributed by atoms with Crippen LogP contribution in [0, 0.1) is 13.8 Å². The van der Waals surface area contributed by atoms with E-state index in [2.05, 4.69) is 5.32 Å². The lowest BCUT2D eigenvalue weighted by molar-refractivity contribution is -0.114. The first-order valence-electron chi connectivity index (χ1n) is 8.68. The lowest BCUT2D eigenvalue weighted by Crippen LogP contribution is -2.37. The van der Waals surface area contributed by atoms with E-state index in [1.54, 1.807) is 24.3 Å². The van der Waals surface area contributed by atoms with E-state index in [1.807, 2.05) is 45.9 Å². The minimum absolute atomic E-state index is 0.0189. The summed E-state index contributed by atoms with van der Waals surface area (Å²) in [5, 5.41) is 2.78. The van der Waals surface area contributed by atoms with Crippen LogP contribution in [0.4, 0.5) is 11.4 Å². The van der Waals surface area contributed by atoms with Gasteiger partial charge in [-0.05, 0) is 63.6 Å². The normalized spacial score (nSPS) is 11.3. The van der Waals surface area contributed by atoms with E-state index in [0.717, 1.165) is 21.7 Å². The lowest BCUT2D eigenvalue weighted by atomic mass is 10.1. The molecule has 27 heavy (non-hydrogen) atoms. The summed E-state index contributed by atoms with van der Waals surface area (Å²) >= 11 is 0. The van der Waals surface area contributed by atoms with Crippen LogP contribution in [0.15, 0.2) is 42.5 Å². The second-order valence-corrected chi connectivity index (χ2v) is 8.70. The molecule has 0 saturated carbocycles. The van der Waals surface area contributed by atoms with Crippen molar-refractivity contribution in [3.05, 3.63) is 53.6 Å². The predicted molar refractivity (Wildman–Crippen MR) is 109 cm³/mol. The monoisotopic (exact) mass is 390 g/mol. The molecular formula is C20H26N2O4S. The Labute approximate surface area is 161 Å². The molecule has 2 aromatic rings. The molecule has 0 radical (unpaired) electrons. The predicted octanol–water partition coefficient (Wildman–Crippen LogP) is 3.50. The molecule has 0 bridgehead atoms. The molecule has 7 heteroatoms. The number of nitrogens with one attached hydrogen (secondary N) is 1. The molecule has 0 unspecified atom stereocenters. The topological polar surface area (TPSA) is 75.7 Å². The Morgan fingerprint density at radius 1 is 1.11 bits per heavy atom. The molecule has 146 valence electrons. The molecule has 1 N–H and O–H groups in total. The zero-order chi connectivity index (χ0) is 20.2. The van der Waals surface area contributed by atoms with Crippen molar-refractivity contribution in [3.63, 3.8) is 0 Å². The van der Waals surface area contributed by atoms with Crippen LogP contribution in [0.25, 0.3) is 0 Å². The van der Waals surface area contributed by atoms with Gasteiger partial charge in [0.25, 0.3) is 0 Å². The molecule has 0 aromatic heterocycles. The summed E-state index contributed by atoms with van der Waals surface area (Å²) in [6.45, 7) is 7.37. The largest absolute Gasteiger partial charge is 0.491 e. The summed E-state index contributed by atoms with van der Waals surface area (Å²) in [6.07, 6.45) is 1.10. The molecule has 0 aliphatic rings. The maximum atomic E-state index is 12.5. The average Bonchev–Trinajstić information content (AvgIpc) is 2.55. The van der Waals surface area contributed by atoms with Crippen molar-refractivity contribution in [2.24, 2.45) is 0 Å². The number of sulfonamides is 1. The van der Waals surface area contributed by atoms with E-state index in [0.29, 0.717) is 17.1 Å². The first kappa shape index (κ1) is 20.8. The highest BCUT2D eigenvalue weighted by Crippen LogP contribution is 2.23. The number of nitrogens with zero attached hydrogens (tertiary/aromatic N) is 1. The van der Waals surface area contributed by atoms with Crippen molar-refractivity contribution >= 4 is 27.3 Å². The summed E-state index contributed by atoms with van der Waals surface area (Å²) in [6, 6.07) is 12.3. The van der Waals surface area contributed by atoms with Crippen LogP contribution >= 0.6 is 0 Å². The van der Waals surface area contributed by atoms with Crippen LogP contribution in [0.2, 0.25) is 0 Å². The highest BCUT2D eigenvalue weighted by Gasteiger charge is 2.21. The molecule has 0 aliphatic carbocycles. The number of benzene rings is 2. The van der Waals surface area contributed by atoms with Gasteiger partial charge in [0.1, 0.15) is 12.3 Å². The zero-order valence-corrected chi connectivity index (χ0v) is 17.1. The van der Waals surface area contributed by atoms with Gasteiger partial charge in [-0.25, -0.2) is 8.42 Å². The van der Waals surface area contributed by atoms with Crippen molar-refractivity contribution in [1.29, 1.82) is 0 Å². The van der Waals surface area contributed by atoms with Gasteiger partial charge in [-0.2, -0.15) is 0 Å². The van der Waals surface area contributed by atoms with Crippen molar-refractivity contribution in [3.8, 4) is 5.75 Å². The van der Waals surface area contributed by atoms with Crippen molar-refractivity contribution in [1.82, 2.24) is 0 Å². The number of aryl methyl sites for hydroxylation is 2. The summed E-state index contributed by atoms with van der Waals surface area (Å²) in [5.74, 6) is 0.233. The zero-order valence-electron chi connectivity index (χ0n) is 16.3. The molecule has 2 rings (SSSR count). The van der Waals surface area contributed by atoms with Crippen molar-refractivity contribution in [2.75, 3.05) is 22.4 Å². The van der Waals surface area contributed by atoms with E-state index in [-0.39, 0.29) is 12.6 Å². The molecule has 6 nitrogen and oxygen atoms in total. The average molecular weight is 391 g/mol. The van der Waals surface area contributed by atoms with Gasteiger partial charge in [0.2, 0.25) is 15.9 Å². The Hall–Kier alpha value is -2.54. The summed E-state index contributed by atoms with van der Waals surface area (Å²) in [7, 11) is -3.63. The molecule has 0 saturated heterocycles. The number of hydrogen-bond donors (Lipinski definition) is 1. The molecule has 0 heterocycles. The van der Waals surface area contributed by atoms with Gasteiger partial charge >= 0.3 is 0 Å². The number of ether oxygens (including phenoxy) is 1. The highest BCUT2D eigenvalue weighted by atomic mass is 32.2. The molecular weight excluding hydrogens is 364 g/mol. The Morgan fingerprint density at radius 3 is 2.26 bits per heavy atom. The van der Waals surface area contributed by atoms with E-state index in [4.69, 9.17) is 4.74 Å². The number of carbonyl (C=O) groups is 1. The quantitative estimate of drug-likeness (QED) is 0.785. The second-order valence-electron chi connectivity index (χ2n) is 6.80. The van der Waals surface area contributed by atoms with Crippen LogP contribution in [-0.2, 0) is 14.8 Å². The van der Waals surface area contributed by atoms with E-state index >= 15 is 0 Å². The Bertz CT molecular complexity index is 906. The van der Waals surface area contributed by atoms with Gasteiger partial charge in [-0.1, -0.05) is 17.7 Å². The molecule has 0 fully saturated rings. The third-order valence-electron chi connectivity index (χ3n) is 3.84. The maximum absolute atomic E-state index is 12.5. The fourth-order valence-corrected chi connectivity index (χ4v) is 3.49. The summed E-state index contributed by atoms with van der Waals surface area (Å²) in [5.41, 5.74) is 3.08. The molecule has 0 atom stereocenters. The van der Waals surface area contributed by atoms with Gasteiger partial charge < -0.3 is 10.1 Å². The number of carbonyl (C=O) groups excluding carboxylic acids is 1. The minimum Gasteiger partial charge on any atom is -0.491 e. The van der Waals surface area contributed by atoms with Gasteiger partial charge in [-0.15, -0.1) is 0 Å². The molecule has 0 spiro atoms. The lowest BCUT2D eigenvalue weighted by Gasteiger charge is -2.22. The Kier molecular flexibility index (Phi) is 6.49. The third kappa shape index (κ3) is 5.99. The fourth-order valence-electron chi connectivity index (χ4n) is 2.64. The molecule has 2 aromatic carbocycles. The van der Waals surface area contributed by atoms with Gasteiger partial charge in [-0.3, -0.25) is 9.10 Å². The first-order chi connectivity index (χ1) is 12.6. The van der Waals surface area contributed by atoms with Crippen LogP contribution in [-0.4, -0.2) is 33.2 Å². The van der Waals surface area contributed by atoms with Crippen molar-refractivity contribution in [2.45, 2.75) is 33.8 Å². The Morgan fingerprint density at radius 2 is 1.74 bits per heavy atom. The van der Waals surface area contributed by atoms with E-state index in [9.17, 15) is 13.2 Å². The standard InChI is InChI=1S/C20H26N2O4S/c1-14(2)26-18-9-7-17(8-10-18)22(27(5,24)25)13-20(23)21-19-11-6-15(3)12-16(19)4/h6-12,14H,13H2,1-5H3,(H,21,23). The number of rotatable bonds is 7.